The van der Waals surface area contributed by atoms with Gasteiger partial charge in [0.1, 0.15) is 17.6 Å². The van der Waals surface area contributed by atoms with E-state index in [0.29, 0.717) is 39.0 Å². The standard InChI is InChI=1S/C23H22ClN3O3S/c1-26(2)10-11-30-19-9-8-17(12-20(19)29-3)27-14-25-18-13-21(31-22(18)23(27)28)15-4-6-16(24)7-5-15/h4-9,12-14H,10-11H2,1-3H3. The summed E-state index contributed by atoms with van der Waals surface area (Å²) in [7, 11) is 5.56. The third-order valence-electron chi connectivity index (χ3n) is 4.79. The highest BCUT2D eigenvalue weighted by atomic mass is 35.5. The molecule has 0 atom stereocenters. The monoisotopic (exact) mass is 455 g/mol. The highest BCUT2D eigenvalue weighted by molar-refractivity contribution is 7.22. The molecule has 6 nitrogen and oxygen atoms in total. The molecule has 0 fully saturated rings. The number of benzene rings is 2. The molecule has 2 heterocycles. The van der Waals surface area contributed by atoms with Crippen LogP contribution in [0.3, 0.4) is 0 Å². The minimum Gasteiger partial charge on any atom is -0.493 e. The van der Waals surface area contributed by atoms with Gasteiger partial charge in [0.2, 0.25) is 0 Å². The maximum atomic E-state index is 13.2. The minimum atomic E-state index is -0.126. The van der Waals surface area contributed by atoms with E-state index in [1.165, 1.54) is 15.9 Å². The van der Waals surface area contributed by atoms with E-state index in [9.17, 15) is 4.79 Å². The summed E-state index contributed by atoms with van der Waals surface area (Å²) in [5, 5.41) is 0.674. The Morgan fingerprint density at radius 1 is 1.10 bits per heavy atom. The largest absolute Gasteiger partial charge is 0.493 e. The van der Waals surface area contributed by atoms with Gasteiger partial charge in [0.05, 0.1) is 18.3 Å². The number of likely N-dealkylation sites (N-methyl/N-ethyl adjacent to an activating group) is 1. The van der Waals surface area contributed by atoms with Gasteiger partial charge in [-0.05, 0) is 50.0 Å². The number of rotatable bonds is 7. The molecule has 0 radical (unpaired) electrons. The average molecular weight is 456 g/mol. The molecule has 0 saturated heterocycles. The predicted octanol–water partition coefficient (Wildman–Crippen LogP) is 4.72. The number of fused-ring (bicyclic) bond motifs is 1. The van der Waals surface area contributed by atoms with Crippen molar-refractivity contribution in [1.29, 1.82) is 0 Å². The van der Waals surface area contributed by atoms with Gasteiger partial charge in [-0.3, -0.25) is 9.36 Å². The zero-order valence-corrected chi connectivity index (χ0v) is 19.0. The zero-order valence-electron chi connectivity index (χ0n) is 17.5. The van der Waals surface area contributed by atoms with Gasteiger partial charge in [0.15, 0.2) is 11.5 Å². The molecule has 0 spiro atoms. The molecule has 4 aromatic rings. The summed E-state index contributed by atoms with van der Waals surface area (Å²) in [5.74, 6) is 1.20. The molecule has 0 aliphatic rings. The summed E-state index contributed by atoms with van der Waals surface area (Å²) in [4.78, 5) is 20.7. The van der Waals surface area contributed by atoms with Crippen LogP contribution >= 0.6 is 22.9 Å². The van der Waals surface area contributed by atoms with Gasteiger partial charge in [-0.1, -0.05) is 23.7 Å². The molecule has 0 amide bonds. The molecule has 2 aromatic carbocycles. The summed E-state index contributed by atoms with van der Waals surface area (Å²) >= 11 is 7.40. The van der Waals surface area contributed by atoms with Crippen LogP contribution in [-0.4, -0.2) is 48.8 Å². The van der Waals surface area contributed by atoms with Crippen LogP contribution in [0.5, 0.6) is 11.5 Å². The predicted molar refractivity (Wildman–Crippen MR) is 126 cm³/mol. The average Bonchev–Trinajstić information content (AvgIpc) is 3.20. The van der Waals surface area contributed by atoms with Crippen LogP contribution < -0.4 is 15.0 Å². The van der Waals surface area contributed by atoms with Crippen molar-refractivity contribution in [3.05, 3.63) is 70.2 Å². The highest BCUT2D eigenvalue weighted by Crippen LogP contribution is 2.32. The summed E-state index contributed by atoms with van der Waals surface area (Å²) in [6, 6.07) is 14.9. The van der Waals surface area contributed by atoms with Crippen LogP contribution in [-0.2, 0) is 0 Å². The van der Waals surface area contributed by atoms with Crippen LogP contribution in [0.2, 0.25) is 5.02 Å². The Kier molecular flexibility index (Phi) is 6.27. The van der Waals surface area contributed by atoms with Gasteiger partial charge in [-0.2, -0.15) is 0 Å². The molecule has 0 bridgehead atoms. The van der Waals surface area contributed by atoms with E-state index in [1.807, 2.05) is 61.5 Å². The Hall–Kier alpha value is -2.87. The highest BCUT2D eigenvalue weighted by Gasteiger charge is 2.13. The topological polar surface area (TPSA) is 56.6 Å². The number of nitrogens with zero attached hydrogens (tertiary/aromatic N) is 3. The van der Waals surface area contributed by atoms with Crippen molar-refractivity contribution in [2.45, 2.75) is 0 Å². The fraction of sp³-hybridized carbons (Fsp3) is 0.217. The first kappa shape index (κ1) is 21.4. The van der Waals surface area contributed by atoms with Crippen molar-refractivity contribution in [1.82, 2.24) is 14.5 Å². The van der Waals surface area contributed by atoms with Crippen molar-refractivity contribution < 1.29 is 9.47 Å². The van der Waals surface area contributed by atoms with Crippen LogP contribution in [0, 0.1) is 0 Å². The van der Waals surface area contributed by atoms with Crippen LogP contribution in [0.25, 0.3) is 26.3 Å². The Balaban J connectivity index is 1.68. The second-order valence-electron chi connectivity index (χ2n) is 7.24. The molecule has 0 aliphatic heterocycles. The van der Waals surface area contributed by atoms with E-state index in [0.717, 1.165) is 17.0 Å². The van der Waals surface area contributed by atoms with Crippen molar-refractivity contribution in [3.63, 3.8) is 0 Å². The van der Waals surface area contributed by atoms with E-state index in [-0.39, 0.29) is 5.56 Å². The van der Waals surface area contributed by atoms with Gasteiger partial charge in [-0.25, -0.2) is 4.98 Å². The summed E-state index contributed by atoms with van der Waals surface area (Å²) < 4.78 is 13.4. The molecule has 160 valence electrons. The molecule has 0 N–H and O–H groups in total. The SMILES string of the molecule is COc1cc(-n2cnc3cc(-c4ccc(Cl)cc4)sc3c2=O)ccc1OCCN(C)C. The van der Waals surface area contributed by atoms with E-state index in [4.69, 9.17) is 21.1 Å². The van der Waals surface area contributed by atoms with Gasteiger partial charge >= 0.3 is 0 Å². The van der Waals surface area contributed by atoms with Gasteiger partial charge in [0.25, 0.3) is 5.56 Å². The molecule has 2 aromatic heterocycles. The van der Waals surface area contributed by atoms with Crippen LogP contribution in [0.1, 0.15) is 0 Å². The van der Waals surface area contributed by atoms with E-state index in [2.05, 4.69) is 4.98 Å². The summed E-state index contributed by atoms with van der Waals surface area (Å²) in [6.45, 7) is 1.33. The maximum absolute atomic E-state index is 13.2. The summed E-state index contributed by atoms with van der Waals surface area (Å²) in [6.07, 6.45) is 1.55. The third kappa shape index (κ3) is 4.58. The number of aromatic nitrogens is 2. The Labute approximate surface area is 189 Å². The first-order valence-corrected chi connectivity index (χ1v) is 10.9. The third-order valence-corrected chi connectivity index (χ3v) is 6.20. The van der Waals surface area contributed by atoms with E-state index >= 15 is 0 Å². The number of thiophene rings is 1. The molecular formula is C23H22ClN3O3S. The zero-order chi connectivity index (χ0) is 22.0. The second kappa shape index (κ2) is 9.09. The van der Waals surface area contributed by atoms with Gasteiger partial charge < -0.3 is 14.4 Å². The number of ether oxygens (including phenoxy) is 2. The lowest BCUT2D eigenvalue weighted by Gasteiger charge is -2.14. The molecule has 0 unspecified atom stereocenters. The smallest absolute Gasteiger partial charge is 0.275 e. The molecular weight excluding hydrogens is 434 g/mol. The minimum absolute atomic E-state index is 0.126. The molecule has 8 heteroatoms. The lowest BCUT2D eigenvalue weighted by Crippen LogP contribution is -2.20. The number of hydrogen-bond acceptors (Lipinski definition) is 6. The normalized spacial score (nSPS) is 11.3. The first-order chi connectivity index (χ1) is 15.0. The van der Waals surface area contributed by atoms with Crippen molar-refractivity contribution in [2.24, 2.45) is 0 Å². The fourth-order valence-electron chi connectivity index (χ4n) is 3.12. The first-order valence-electron chi connectivity index (χ1n) is 9.69. The molecule has 0 saturated carbocycles. The fourth-order valence-corrected chi connectivity index (χ4v) is 4.29. The van der Waals surface area contributed by atoms with Crippen LogP contribution in [0.4, 0.5) is 0 Å². The van der Waals surface area contributed by atoms with Crippen molar-refractivity contribution in [2.75, 3.05) is 34.4 Å². The Bertz CT molecular complexity index is 1270. The summed E-state index contributed by atoms with van der Waals surface area (Å²) in [5.41, 5.74) is 2.21. The molecule has 0 aliphatic carbocycles. The van der Waals surface area contributed by atoms with Crippen LogP contribution in [0.15, 0.2) is 59.7 Å². The maximum Gasteiger partial charge on any atom is 0.275 e. The van der Waals surface area contributed by atoms with E-state index < -0.39 is 0 Å². The lowest BCUT2D eigenvalue weighted by atomic mass is 10.2. The molecule has 31 heavy (non-hydrogen) atoms. The number of methoxy groups -OCH3 is 1. The quantitative estimate of drug-likeness (QED) is 0.403. The number of halogens is 1. The van der Waals surface area contributed by atoms with Crippen molar-refractivity contribution in [3.8, 4) is 27.6 Å². The lowest BCUT2D eigenvalue weighted by molar-refractivity contribution is 0.250. The Morgan fingerprint density at radius 2 is 1.87 bits per heavy atom. The molecule has 4 rings (SSSR count). The Morgan fingerprint density at radius 3 is 2.58 bits per heavy atom. The second-order valence-corrected chi connectivity index (χ2v) is 8.73. The van der Waals surface area contributed by atoms with Gasteiger partial charge in [-0.15, -0.1) is 11.3 Å². The number of hydrogen-bond donors (Lipinski definition) is 0. The van der Waals surface area contributed by atoms with Crippen molar-refractivity contribution >= 4 is 33.2 Å². The van der Waals surface area contributed by atoms with Gasteiger partial charge in [0, 0.05) is 22.5 Å². The van der Waals surface area contributed by atoms with E-state index in [1.54, 1.807) is 19.5 Å².